The van der Waals surface area contributed by atoms with Crippen molar-refractivity contribution in [2.24, 2.45) is 0 Å². The van der Waals surface area contributed by atoms with E-state index in [0.717, 1.165) is 40.3 Å². The molecule has 2 aliphatic rings. The maximum absolute atomic E-state index is 12.6. The van der Waals surface area contributed by atoms with E-state index in [4.69, 9.17) is 4.74 Å². The lowest BCUT2D eigenvalue weighted by molar-refractivity contribution is -0.127. The fourth-order valence-corrected chi connectivity index (χ4v) is 4.69. The van der Waals surface area contributed by atoms with Crippen LogP contribution in [0.4, 0.5) is 16.2 Å². The second-order valence-corrected chi connectivity index (χ2v) is 8.42. The van der Waals surface area contributed by atoms with Gasteiger partial charge in [-0.25, -0.2) is 0 Å². The summed E-state index contributed by atoms with van der Waals surface area (Å²) in [5.41, 5.74) is 1.55. The van der Waals surface area contributed by atoms with Gasteiger partial charge in [0.25, 0.3) is 11.1 Å². The molecule has 9 heteroatoms. The molecule has 2 aliphatic heterocycles. The van der Waals surface area contributed by atoms with E-state index >= 15 is 0 Å². The Hall–Kier alpha value is -2.62. The molecule has 7 nitrogen and oxygen atoms in total. The molecule has 2 aromatic rings. The summed E-state index contributed by atoms with van der Waals surface area (Å²) in [6.07, 6.45) is 1.68. The first-order chi connectivity index (χ1) is 14.1. The van der Waals surface area contributed by atoms with E-state index in [2.05, 4.69) is 10.2 Å². The van der Waals surface area contributed by atoms with Crippen molar-refractivity contribution in [1.82, 2.24) is 4.90 Å². The minimum absolute atomic E-state index is 0.316. The van der Waals surface area contributed by atoms with Crippen LogP contribution in [-0.2, 0) is 14.3 Å². The third-order valence-corrected chi connectivity index (χ3v) is 6.25. The number of nitrogens with one attached hydrogen (secondary N) is 1. The van der Waals surface area contributed by atoms with Crippen LogP contribution in [0.5, 0.6) is 0 Å². The Balaban J connectivity index is 1.44. The Morgan fingerprint density at radius 1 is 1.14 bits per heavy atom. The first kappa shape index (κ1) is 19.7. The molecule has 29 heavy (non-hydrogen) atoms. The Bertz CT molecular complexity index is 952. The number of carbonyl (C=O) groups excluding carboxylic acids is 3. The number of para-hydroxylation sites is 2. The molecule has 3 amide bonds. The Labute approximate surface area is 176 Å². The number of morpholine rings is 1. The molecule has 0 unspecified atom stereocenters. The van der Waals surface area contributed by atoms with Crippen molar-refractivity contribution in [2.45, 2.75) is 0 Å². The number of hydrogen-bond acceptors (Lipinski definition) is 7. The van der Waals surface area contributed by atoms with Crippen molar-refractivity contribution in [3.63, 3.8) is 0 Å². The number of carbonyl (C=O) groups is 3. The molecule has 0 saturated carbocycles. The van der Waals surface area contributed by atoms with Gasteiger partial charge in [-0.1, -0.05) is 18.2 Å². The number of thioether (sulfide) groups is 1. The minimum atomic E-state index is -0.440. The highest BCUT2D eigenvalue weighted by Gasteiger charge is 2.36. The summed E-state index contributed by atoms with van der Waals surface area (Å²) in [6.45, 7) is 2.43. The van der Waals surface area contributed by atoms with Crippen LogP contribution in [0, 0.1) is 0 Å². The van der Waals surface area contributed by atoms with Gasteiger partial charge in [-0.3, -0.25) is 19.3 Å². The van der Waals surface area contributed by atoms with Gasteiger partial charge in [0.05, 0.1) is 29.5 Å². The van der Waals surface area contributed by atoms with Gasteiger partial charge in [0, 0.05) is 18.0 Å². The maximum Gasteiger partial charge on any atom is 0.294 e. The average Bonchev–Trinajstić information content (AvgIpc) is 3.33. The molecule has 0 atom stereocenters. The van der Waals surface area contributed by atoms with E-state index in [0.29, 0.717) is 23.8 Å². The number of amides is 3. The van der Waals surface area contributed by atoms with Crippen molar-refractivity contribution in [1.29, 1.82) is 0 Å². The van der Waals surface area contributed by atoms with E-state index in [1.54, 1.807) is 6.08 Å². The summed E-state index contributed by atoms with van der Waals surface area (Å²) < 4.78 is 5.38. The van der Waals surface area contributed by atoms with Gasteiger partial charge in [0.15, 0.2) is 0 Å². The molecule has 2 fully saturated rings. The van der Waals surface area contributed by atoms with Gasteiger partial charge in [-0.05, 0) is 41.4 Å². The van der Waals surface area contributed by atoms with Gasteiger partial charge in [-0.2, -0.15) is 0 Å². The molecular weight excluding hydrogens is 410 g/mol. The Morgan fingerprint density at radius 3 is 2.69 bits per heavy atom. The molecule has 1 aromatic carbocycles. The van der Waals surface area contributed by atoms with E-state index in [1.165, 1.54) is 11.3 Å². The first-order valence-electron chi connectivity index (χ1n) is 9.12. The van der Waals surface area contributed by atoms with Crippen LogP contribution < -0.4 is 10.2 Å². The molecule has 1 aromatic heterocycles. The minimum Gasteiger partial charge on any atom is -0.378 e. The van der Waals surface area contributed by atoms with Gasteiger partial charge >= 0.3 is 0 Å². The van der Waals surface area contributed by atoms with Crippen LogP contribution in [0.1, 0.15) is 4.88 Å². The molecule has 1 N–H and O–H groups in total. The predicted octanol–water partition coefficient (Wildman–Crippen LogP) is 3.26. The van der Waals surface area contributed by atoms with E-state index in [-0.39, 0.29) is 6.54 Å². The summed E-state index contributed by atoms with van der Waals surface area (Å²) in [7, 11) is 0. The number of thiophene rings is 1. The summed E-state index contributed by atoms with van der Waals surface area (Å²) in [5, 5.41) is 4.30. The molecule has 2 saturated heterocycles. The van der Waals surface area contributed by atoms with Gasteiger partial charge in [0.1, 0.15) is 6.54 Å². The molecule has 3 heterocycles. The van der Waals surface area contributed by atoms with E-state index in [9.17, 15) is 14.4 Å². The quantitative estimate of drug-likeness (QED) is 0.735. The van der Waals surface area contributed by atoms with Crippen molar-refractivity contribution in [2.75, 3.05) is 43.1 Å². The molecule has 0 spiro atoms. The van der Waals surface area contributed by atoms with Crippen LogP contribution in [0.2, 0.25) is 0 Å². The first-order valence-corrected chi connectivity index (χ1v) is 10.8. The molecule has 4 rings (SSSR count). The van der Waals surface area contributed by atoms with Crippen molar-refractivity contribution >= 4 is 57.6 Å². The van der Waals surface area contributed by atoms with Gasteiger partial charge in [-0.15, -0.1) is 11.3 Å². The summed E-state index contributed by atoms with van der Waals surface area (Å²) in [6, 6.07) is 11.2. The number of anilines is 2. The highest BCUT2D eigenvalue weighted by molar-refractivity contribution is 8.18. The third kappa shape index (κ3) is 4.52. The number of hydrogen-bond donors (Lipinski definition) is 1. The zero-order valence-electron chi connectivity index (χ0n) is 15.5. The monoisotopic (exact) mass is 429 g/mol. The van der Waals surface area contributed by atoms with Gasteiger partial charge in [0.2, 0.25) is 5.91 Å². The maximum atomic E-state index is 12.6. The molecule has 0 radical (unpaired) electrons. The lowest BCUT2D eigenvalue weighted by atomic mass is 10.2. The number of imide groups is 1. The van der Waals surface area contributed by atoms with Crippen LogP contribution >= 0.6 is 23.1 Å². The predicted molar refractivity (Wildman–Crippen MR) is 115 cm³/mol. The summed E-state index contributed by atoms with van der Waals surface area (Å²) >= 11 is 2.34. The Morgan fingerprint density at radius 2 is 1.93 bits per heavy atom. The topological polar surface area (TPSA) is 79.0 Å². The number of nitrogens with zero attached hydrogens (tertiary/aromatic N) is 2. The third-order valence-electron chi connectivity index (χ3n) is 4.52. The molecular formula is C20H19N3O4S2. The number of rotatable bonds is 5. The molecule has 0 aliphatic carbocycles. The molecule has 0 bridgehead atoms. The zero-order valence-corrected chi connectivity index (χ0v) is 17.1. The van der Waals surface area contributed by atoms with E-state index < -0.39 is 17.1 Å². The highest BCUT2D eigenvalue weighted by Crippen LogP contribution is 2.33. The van der Waals surface area contributed by atoms with Crippen LogP contribution in [-0.4, -0.2) is 54.8 Å². The highest BCUT2D eigenvalue weighted by atomic mass is 32.2. The lowest BCUT2D eigenvalue weighted by Crippen LogP contribution is -2.38. The Kier molecular flexibility index (Phi) is 5.98. The normalized spacial score (nSPS) is 18.6. The second-order valence-electron chi connectivity index (χ2n) is 6.45. The van der Waals surface area contributed by atoms with Crippen LogP contribution in [0.3, 0.4) is 0 Å². The second kappa shape index (κ2) is 8.81. The smallest absolute Gasteiger partial charge is 0.294 e. The fraction of sp³-hybridized carbons (Fsp3) is 0.250. The van der Waals surface area contributed by atoms with E-state index in [1.807, 2.05) is 41.8 Å². The molecule has 150 valence electrons. The number of benzene rings is 1. The van der Waals surface area contributed by atoms with Crippen molar-refractivity contribution < 1.29 is 19.1 Å². The average molecular weight is 430 g/mol. The SMILES string of the molecule is O=C(CN1C(=O)S/C(=C/c2cccs2)C1=O)Nc1ccccc1N1CCOCC1. The van der Waals surface area contributed by atoms with Gasteiger partial charge < -0.3 is 15.0 Å². The summed E-state index contributed by atoms with van der Waals surface area (Å²) in [5.74, 6) is -0.851. The standard InChI is InChI=1S/C20H19N3O4S2/c24-18(21-15-5-1-2-6-16(15)22-7-9-27-10-8-22)13-23-19(25)17(29-20(23)26)12-14-4-3-11-28-14/h1-6,11-12H,7-10,13H2,(H,21,24)/b17-12+. The van der Waals surface area contributed by atoms with Crippen molar-refractivity contribution in [3.8, 4) is 0 Å². The van der Waals surface area contributed by atoms with Crippen molar-refractivity contribution in [3.05, 3.63) is 51.6 Å². The van der Waals surface area contributed by atoms with Crippen LogP contribution in [0.15, 0.2) is 46.7 Å². The largest absolute Gasteiger partial charge is 0.378 e. The zero-order chi connectivity index (χ0) is 20.2. The summed E-state index contributed by atoms with van der Waals surface area (Å²) in [4.78, 5) is 41.8. The van der Waals surface area contributed by atoms with Crippen LogP contribution in [0.25, 0.3) is 6.08 Å². The fourth-order valence-electron chi connectivity index (χ4n) is 3.13. The number of ether oxygens (including phenoxy) is 1. The lowest BCUT2D eigenvalue weighted by Gasteiger charge is -2.30.